The van der Waals surface area contributed by atoms with Gasteiger partial charge < -0.3 is 10.1 Å². The number of ether oxygens (including phenoxy) is 1. The Morgan fingerprint density at radius 2 is 2.00 bits per heavy atom. The lowest BCUT2D eigenvalue weighted by atomic mass is 10.2. The molecular weight excluding hydrogens is 395 g/mol. The molecule has 2 amide bonds. The van der Waals surface area contributed by atoms with Crippen molar-refractivity contribution in [1.29, 1.82) is 0 Å². The highest BCUT2D eigenvalue weighted by molar-refractivity contribution is 14.1. The molecule has 3 rings (SSSR count). The Balaban J connectivity index is 1.80. The van der Waals surface area contributed by atoms with Crippen LogP contribution in [0, 0.1) is 3.57 Å². The maximum atomic E-state index is 12.3. The molecule has 2 aromatic carbocycles. The molecule has 1 saturated heterocycles. The molecule has 0 radical (unpaired) electrons. The summed E-state index contributed by atoms with van der Waals surface area (Å²) in [5.41, 5.74) is 1.97. The first-order valence-corrected chi connectivity index (χ1v) is 7.83. The van der Waals surface area contributed by atoms with E-state index in [-0.39, 0.29) is 12.0 Å². The predicted octanol–water partition coefficient (Wildman–Crippen LogP) is 3.50. The highest BCUT2D eigenvalue weighted by atomic mass is 127. The third kappa shape index (κ3) is 3.06. The van der Waals surface area contributed by atoms with E-state index in [1.807, 2.05) is 24.3 Å². The lowest BCUT2D eigenvalue weighted by molar-refractivity contribution is 0.102. The summed E-state index contributed by atoms with van der Waals surface area (Å²) in [7, 11) is 0. The fourth-order valence-electron chi connectivity index (χ4n) is 2.22. The van der Waals surface area contributed by atoms with E-state index >= 15 is 0 Å². The minimum atomic E-state index is -0.360. The van der Waals surface area contributed by atoms with Crippen LogP contribution < -0.4 is 10.2 Å². The van der Waals surface area contributed by atoms with Gasteiger partial charge >= 0.3 is 6.09 Å². The normalized spacial score (nSPS) is 13.9. The molecule has 112 valence electrons. The van der Waals surface area contributed by atoms with Gasteiger partial charge in [-0.25, -0.2) is 4.79 Å². The lowest BCUT2D eigenvalue weighted by Gasteiger charge is -2.14. The number of benzene rings is 2. The summed E-state index contributed by atoms with van der Waals surface area (Å²) >= 11 is 2.13. The first kappa shape index (κ1) is 14.8. The number of nitrogens with one attached hydrogen (secondary N) is 1. The highest BCUT2D eigenvalue weighted by Gasteiger charge is 2.23. The Morgan fingerprint density at radius 3 is 2.73 bits per heavy atom. The van der Waals surface area contributed by atoms with Gasteiger partial charge in [0.2, 0.25) is 0 Å². The minimum absolute atomic E-state index is 0.175. The first-order chi connectivity index (χ1) is 10.6. The van der Waals surface area contributed by atoms with Crippen LogP contribution >= 0.6 is 22.6 Å². The molecule has 1 aliphatic rings. The SMILES string of the molecule is O=C(Nc1cccc(N2CCOC2=O)c1)c1ccccc1I. The standard InChI is InChI=1S/C16H13IN2O3/c17-14-7-2-1-6-13(14)15(20)18-11-4-3-5-12(10-11)19-8-9-22-16(19)21/h1-7,10H,8-9H2,(H,18,20). The Kier molecular flexibility index (Phi) is 4.28. The summed E-state index contributed by atoms with van der Waals surface area (Å²) in [6.45, 7) is 0.907. The van der Waals surface area contributed by atoms with Crippen molar-refractivity contribution in [2.75, 3.05) is 23.4 Å². The maximum absolute atomic E-state index is 12.3. The van der Waals surface area contributed by atoms with Gasteiger partial charge in [0.1, 0.15) is 6.61 Å². The number of halogens is 1. The van der Waals surface area contributed by atoms with E-state index in [0.29, 0.717) is 30.1 Å². The van der Waals surface area contributed by atoms with E-state index in [1.54, 1.807) is 29.2 Å². The number of carbonyl (C=O) groups excluding carboxylic acids is 2. The van der Waals surface area contributed by atoms with Crippen LogP contribution in [0.3, 0.4) is 0 Å². The van der Waals surface area contributed by atoms with Gasteiger partial charge in [-0.3, -0.25) is 9.69 Å². The fraction of sp³-hybridized carbons (Fsp3) is 0.125. The number of hydrogen-bond donors (Lipinski definition) is 1. The van der Waals surface area contributed by atoms with Crippen LogP contribution in [0.15, 0.2) is 48.5 Å². The summed E-state index contributed by atoms with van der Waals surface area (Å²) in [4.78, 5) is 25.4. The van der Waals surface area contributed by atoms with E-state index in [1.165, 1.54) is 0 Å². The average molecular weight is 408 g/mol. The zero-order chi connectivity index (χ0) is 15.5. The molecule has 5 nitrogen and oxygen atoms in total. The predicted molar refractivity (Wildman–Crippen MR) is 92.2 cm³/mol. The van der Waals surface area contributed by atoms with Gasteiger partial charge in [0.05, 0.1) is 12.1 Å². The fourth-order valence-corrected chi connectivity index (χ4v) is 2.86. The van der Waals surface area contributed by atoms with Crippen LogP contribution in [0.5, 0.6) is 0 Å². The number of cyclic esters (lactones) is 1. The number of carbonyl (C=O) groups is 2. The van der Waals surface area contributed by atoms with Crippen LogP contribution in [0.2, 0.25) is 0 Å². The van der Waals surface area contributed by atoms with E-state index < -0.39 is 0 Å². The second-order valence-corrected chi connectivity index (χ2v) is 5.91. The van der Waals surface area contributed by atoms with Crippen LogP contribution in [0.4, 0.5) is 16.2 Å². The summed E-state index contributed by atoms with van der Waals surface area (Å²) in [6.07, 6.45) is -0.360. The quantitative estimate of drug-likeness (QED) is 0.792. The van der Waals surface area contributed by atoms with E-state index in [4.69, 9.17) is 4.74 Å². The molecule has 6 heteroatoms. The summed E-state index contributed by atoms with van der Waals surface area (Å²) in [5.74, 6) is -0.175. The number of amides is 2. The van der Waals surface area contributed by atoms with Gasteiger partial charge in [-0.15, -0.1) is 0 Å². The van der Waals surface area contributed by atoms with Crippen molar-refractivity contribution in [2.45, 2.75) is 0 Å². The van der Waals surface area contributed by atoms with Crippen LogP contribution in [0.1, 0.15) is 10.4 Å². The maximum Gasteiger partial charge on any atom is 0.414 e. The molecule has 0 spiro atoms. The monoisotopic (exact) mass is 408 g/mol. The summed E-state index contributed by atoms with van der Waals surface area (Å²) in [6, 6.07) is 14.5. The molecule has 22 heavy (non-hydrogen) atoms. The molecular formula is C16H13IN2O3. The molecule has 0 unspecified atom stereocenters. The molecule has 0 saturated carbocycles. The molecule has 0 aliphatic carbocycles. The zero-order valence-corrected chi connectivity index (χ0v) is 13.7. The molecule has 1 N–H and O–H groups in total. The van der Waals surface area contributed by atoms with Crippen LogP contribution in [-0.2, 0) is 4.74 Å². The highest BCUT2D eigenvalue weighted by Crippen LogP contribution is 2.23. The second-order valence-electron chi connectivity index (χ2n) is 4.75. The van der Waals surface area contributed by atoms with Crippen molar-refractivity contribution in [3.63, 3.8) is 0 Å². The molecule has 2 aromatic rings. The summed E-state index contributed by atoms with van der Waals surface area (Å²) in [5, 5.41) is 2.86. The van der Waals surface area contributed by atoms with Gasteiger partial charge in [0, 0.05) is 14.9 Å². The van der Waals surface area contributed by atoms with Gasteiger partial charge in [0.25, 0.3) is 5.91 Å². The zero-order valence-electron chi connectivity index (χ0n) is 11.6. The van der Waals surface area contributed by atoms with Crippen LogP contribution in [0.25, 0.3) is 0 Å². The van der Waals surface area contributed by atoms with Gasteiger partial charge in [0.15, 0.2) is 0 Å². The largest absolute Gasteiger partial charge is 0.447 e. The topological polar surface area (TPSA) is 58.6 Å². The Labute approximate surface area is 141 Å². The van der Waals surface area contributed by atoms with Crippen molar-refractivity contribution in [2.24, 2.45) is 0 Å². The first-order valence-electron chi connectivity index (χ1n) is 6.75. The average Bonchev–Trinajstić information content (AvgIpc) is 2.94. The minimum Gasteiger partial charge on any atom is -0.447 e. The number of anilines is 2. The third-order valence-corrected chi connectivity index (χ3v) is 4.24. The van der Waals surface area contributed by atoms with Crippen molar-refractivity contribution < 1.29 is 14.3 Å². The number of hydrogen-bond acceptors (Lipinski definition) is 3. The van der Waals surface area contributed by atoms with Crippen molar-refractivity contribution >= 4 is 46.0 Å². The molecule has 1 heterocycles. The van der Waals surface area contributed by atoms with Crippen molar-refractivity contribution in [3.8, 4) is 0 Å². The lowest BCUT2D eigenvalue weighted by Crippen LogP contribution is -2.23. The number of nitrogens with zero attached hydrogens (tertiary/aromatic N) is 1. The smallest absolute Gasteiger partial charge is 0.414 e. The molecule has 0 aromatic heterocycles. The third-order valence-electron chi connectivity index (χ3n) is 3.29. The van der Waals surface area contributed by atoms with Gasteiger partial charge in [-0.2, -0.15) is 0 Å². The molecule has 0 bridgehead atoms. The Bertz CT molecular complexity index is 733. The molecule has 1 fully saturated rings. The van der Waals surface area contributed by atoms with E-state index in [2.05, 4.69) is 27.9 Å². The van der Waals surface area contributed by atoms with Gasteiger partial charge in [-0.05, 0) is 52.9 Å². The van der Waals surface area contributed by atoms with Gasteiger partial charge in [-0.1, -0.05) is 18.2 Å². The Morgan fingerprint density at radius 1 is 1.18 bits per heavy atom. The van der Waals surface area contributed by atoms with E-state index in [0.717, 1.165) is 3.57 Å². The molecule has 0 atom stereocenters. The Hall–Kier alpha value is -2.09. The molecule has 1 aliphatic heterocycles. The summed E-state index contributed by atoms with van der Waals surface area (Å²) < 4.78 is 5.81. The van der Waals surface area contributed by atoms with Crippen molar-refractivity contribution in [1.82, 2.24) is 0 Å². The second kappa shape index (κ2) is 6.35. The van der Waals surface area contributed by atoms with Crippen LogP contribution in [-0.4, -0.2) is 25.2 Å². The number of rotatable bonds is 3. The van der Waals surface area contributed by atoms with Crippen molar-refractivity contribution in [3.05, 3.63) is 57.7 Å². The van der Waals surface area contributed by atoms with E-state index in [9.17, 15) is 9.59 Å².